The monoisotopic (exact) mass is 300 g/mol. The molecule has 0 saturated carbocycles. The predicted octanol–water partition coefficient (Wildman–Crippen LogP) is 3.65. The summed E-state index contributed by atoms with van der Waals surface area (Å²) in [6.45, 7) is 6.15. The van der Waals surface area contributed by atoms with Crippen molar-refractivity contribution in [1.82, 2.24) is 15.0 Å². The average molecular weight is 300 g/mol. The van der Waals surface area contributed by atoms with Crippen molar-refractivity contribution in [2.75, 3.05) is 5.73 Å². The standard InChI is InChI=1S/C15H16N4OS/c1-15(2,3)13-18-11(16)8-12(19-13)21-14-17-9-6-4-5-7-10(9)20-14/h4-8H,1-3H3,(H2,16,18,19). The Bertz CT molecular complexity index is 759. The summed E-state index contributed by atoms with van der Waals surface area (Å²) in [6.07, 6.45) is 0. The van der Waals surface area contributed by atoms with Gasteiger partial charge in [0.25, 0.3) is 5.22 Å². The molecular weight excluding hydrogens is 284 g/mol. The number of hydrogen-bond donors (Lipinski definition) is 1. The molecule has 5 nitrogen and oxygen atoms in total. The number of rotatable bonds is 2. The fraction of sp³-hybridized carbons (Fsp3) is 0.267. The van der Waals surface area contributed by atoms with E-state index in [4.69, 9.17) is 10.2 Å². The van der Waals surface area contributed by atoms with Crippen molar-refractivity contribution in [1.29, 1.82) is 0 Å². The smallest absolute Gasteiger partial charge is 0.263 e. The van der Waals surface area contributed by atoms with E-state index in [1.165, 1.54) is 11.8 Å². The molecule has 108 valence electrons. The molecule has 0 saturated heterocycles. The van der Waals surface area contributed by atoms with Gasteiger partial charge in [-0.2, -0.15) is 0 Å². The number of aromatic nitrogens is 3. The number of nitrogens with two attached hydrogens (primary N) is 1. The molecule has 1 aromatic carbocycles. The molecule has 2 aromatic heterocycles. The molecule has 0 fully saturated rings. The molecule has 0 amide bonds. The molecule has 2 N–H and O–H groups in total. The second-order valence-electron chi connectivity index (χ2n) is 5.75. The molecule has 0 bridgehead atoms. The Morgan fingerprint density at radius 2 is 1.86 bits per heavy atom. The highest BCUT2D eigenvalue weighted by molar-refractivity contribution is 7.99. The summed E-state index contributed by atoms with van der Waals surface area (Å²) < 4.78 is 5.69. The van der Waals surface area contributed by atoms with Crippen LogP contribution in [0, 0.1) is 0 Å². The number of nitrogens with zero attached hydrogens (tertiary/aromatic N) is 3. The molecule has 0 spiro atoms. The molecule has 0 atom stereocenters. The maximum absolute atomic E-state index is 5.87. The molecule has 2 heterocycles. The van der Waals surface area contributed by atoms with Crippen LogP contribution >= 0.6 is 11.8 Å². The van der Waals surface area contributed by atoms with Gasteiger partial charge in [-0.25, -0.2) is 15.0 Å². The quantitative estimate of drug-likeness (QED) is 0.728. The minimum absolute atomic E-state index is 0.161. The van der Waals surface area contributed by atoms with Gasteiger partial charge in [-0.1, -0.05) is 32.9 Å². The van der Waals surface area contributed by atoms with Crippen molar-refractivity contribution in [2.45, 2.75) is 36.4 Å². The second kappa shape index (κ2) is 5.04. The fourth-order valence-electron chi connectivity index (χ4n) is 1.81. The van der Waals surface area contributed by atoms with Gasteiger partial charge < -0.3 is 10.2 Å². The first-order valence-electron chi connectivity index (χ1n) is 6.60. The van der Waals surface area contributed by atoms with Crippen LogP contribution in [0.1, 0.15) is 26.6 Å². The zero-order chi connectivity index (χ0) is 15.0. The van der Waals surface area contributed by atoms with Crippen LogP contribution in [0.15, 0.2) is 45.0 Å². The summed E-state index contributed by atoms with van der Waals surface area (Å²) in [5.41, 5.74) is 7.30. The van der Waals surface area contributed by atoms with Crippen molar-refractivity contribution in [3.63, 3.8) is 0 Å². The number of benzene rings is 1. The van der Waals surface area contributed by atoms with E-state index in [1.54, 1.807) is 6.07 Å². The SMILES string of the molecule is CC(C)(C)c1nc(N)cc(Sc2nc3ccccc3o2)n1. The van der Waals surface area contributed by atoms with E-state index >= 15 is 0 Å². The van der Waals surface area contributed by atoms with Crippen LogP contribution in [-0.2, 0) is 5.41 Å². The molecule has 3 rings (SSSR count). The molecule has 0 unspecified atom stereocenters. The van der Waals surface area contributed by atoms with Crippen molar-refractivity contribution in [3.05, 3.63) is 36.2 Å². The van der Waals surface area contributed by atoms with Gasteiger partial charge in [-0.3, -0.25) is 0 Å². The van der Waals surface area contributed by atoms with Crippen LogP contribution < -0.4 is 5.73 Å². The zero-order valence-corrected chi connectivity index (χ0v) is 12.9. The lowest BCUT2D eigenvalue weighted by atomic mass is 9.96. The van der Waals surface area contributed by atoms with Crippen molar-refractivity contribution >= 4 is 28.7 Å². The van der Waals surface area contributed by atoms with Crippen LogP contribution in [0.3, 0.4) is 0 Å². The van der Waals surface area contributed by atoms with Gasteiger partial charge in [-0.05, 0) is 23.9 Å². The molecule has 0 aliphatic heterocycles. The van der Waals surface area contributed by atoms with Crippen LogP contribution in [0.2, 0.25) is 0 Å². The molecule has 0 radical (unpaired) electrons. The maximum Gasteiger partial charge on any atom is 0.263 e. The number of anilines is 1. The number of fused-ring (bicyclic) bond motifs is 1. The van der Waals surface area contributed by atoms with Gasteiger partial charge in [0.1, 0.15) is 22.2 Å². The van der Waals surface area contributed by atoms with Crippen LogP contribution in [0.4, 0.5) is 5.82 Å². The Labute approximate surface area is 127 Å². The van der Waals surface area contributed by atoms with Gasteiger partial charge in [-0.15, -0.1) is 0 Å². The lowest BCUT2D eigenvalue weighted by Gasteiger charge is -2.17. The lowest BCUT2D eigenvalue weighted by Crippen LogP contribution is -2.17. The second-order valence-corrected chi connectivity index (χ2v) is 6.73. The minimum Gasteiger partial charge on any atom is -0.431 e. The molecular formula is C15H16N4OS. The topological polar surface area (TPSA) is 77.8 Å². The summed E-state index contributed by atoms with van der Waals surface area (Å²) in [6, 6.07) is 9.38. The third kappa shape index (κ3) is 3.00. The van der Waals surface area contributed by atoms with Crippen LogP contribution in [0.25, 0.3) is 11.1 Å². The van der Waals surface area contributed by atoms with Gasteiger partial charge in [0.15, 0.2) is 5.58 Å². The summed E-state index contributed by atoms with van der Waals surface area (Å²) >= 11 is 1.35. The maximum atomic E-state index is 5.87. The Morgan fingerprint density at radius 3 is 2.57 bits per heavy atom. The van der Waals surface area contributed by atoms with E-state index in [2.05, 4.69) is 35.7 Å². The Hall–Kier alpha value is -2.08. The molecule has 0 aliphatic rings. The first kappa shape index (κ1) is 13.9. The molecule has 0 aliphatic carbocycles. The first-order valence-corrected chi connectivity index (χ1v) is 7.42. The number of oxazole rings is 1. The number of para-hydroxylation sites is 2. The third-order valence-electron chi connectivity index (χ3n) is 2.86. The Kier molecular flexibility index (Phi) is 3.33. The Morgan fingerprint density at radius 1 is 1.10 bits per heavy atom. The highest BCUT2D eigenvalue weighted by Gasteiger charge is 2.19. The van der Waals surface area contributed by atoms with E-state index in [1.807, 2.05) is 24.3 Å². The number of nitrogen functional groups attached to an aromatic ring is 1. The molecule has 6 heteroatoms. The Balaban J connectivity index is 1.95. The van der Waals surface area contributed by atoms with E-state index in [-0.39, 0.29) is 5.41 Å². The van der Waals surface area contributed by atoms with E-state index in [0.29, 0.717) is 16.9 Å². The molecule has 21 heavy (non-hydrogen) atoms. The number of hydrogen-bond acceptors (Lipinski definition) is 6. The largest absolute Gasteiger partial charge is 0.431 e. The van der Waals surface area contributed by atoms with E-state index in [0.717, 1.165) is 16.1 Å². The zero-order valence-electron chi connectivity index (χ0n) is 12.1. The lowest BCUT2D eigenvalue weighted by molar-refractivity contribution is 0.488. The van der Waals surface area contributed by atoms with E-state index in [9.17, 15) is 0 Å². The normalized spacial score (nSPS) is 12.0. The summed E-state index contributed by atoms with van der Waals surface area (Å²) in [5.74, 6) is 1.16. The van der Waals surface area contributed by atoms with Gasteiger partial charge in [0, 0.05) is 11.5 Å². The minimum atomic E-state index is -0.161. The van der Waals surface area contributed by atoms with Crippen LogP contribution in [0.5, 0.6) is 0 Å². The summed E-state index contributed by atoms with van der Waals surface area (Å²) in [4.78, 5) is 13.3. The van der Waals surface area contributed by atoms with E-state index < -0.39 is 0 Å². The molecule has 3 aromatic rings. The average Bonchev–Trinajstić information content (AvgIpc) is 2.79. The van der Waals surface area contributed by atoms with Crippen LogP contribution in [-0.4, -0.2) is 15.0 Å². The van der Waals surface area contributed by atoms with Crippen molar-refractivity contribution < 1.29 is 4.42 Å². The van der Waals surface area contributed by atoms with Crippen molar-refractivity contribution in [3.8, 4) is 0 Å². The van der Waals surface area contributed by atoms with Gasteiger partial charge in [0.05, 0.1) is 0 Å². The first-order chi connectivity index (χ1) is 9.91. The third-order valence-corrected chi connectivity index (χ3v) is 3.63. The summed E-state index contributed by atoms with van der Waals surface area (Å²) in [7, 11) is 0. The highest BCUT2D eigenvalue weighted by atomic mass is 32.2. The van der Waals surface area contributed by atoms with Gasteiger partial charge in [0.2, 0.25) is 0 Å². The van der Waals surface area contributed by atoms with Gasteiger partial charge >= 0.3 is 0 Å². The highest BCUT2D eigenvalue weighted by Crippen LogP contribution is 2.30. The predicted molar refractivity (Wildman–Crippen MR) is 83.3 cm³/mol. The fourth-order valence-corrected chi connectivity index (χ4v) is 2.58. The summed E-state index contributed by atoms with van der Waals surface area (Å²) in [5, 5.41) is 1.29. The van der Waals surface area contributed by atoms with Crippen molar-refractivity contribution in [2.24, 2.45) is 0 Å².